The van der Waals surface area contributed by atoms with Gasteiger partial charge in [0.05, 0.1) is 7.11 Å². The van der Waals surface area contributed by atoms with Gasteiger partial charge in [-0.3, -0.25) is 0 Å². The van der Waals surface area contributed by atoms with Gasteiger partial charge in [0, 0.05) is 6.26 Å². The molecule has 0 saturated heterocycles. The standard InChI is InChI=1S/C7H10N2O4S2/c1-13-7(10)5-6(8)14-4(9-5)3-15(2,11)12/h3,8H2,1-2H3. The number of anilines is 1. The normalized spacial score (nSPS) is 11.3. The Morgan fingerprint density at radius 1 is 1.60 bits per heavy atom. The highest BCUT2D eigenvalue weighted by Crippen LogP contribution is 2.23. The zero-order chi connectivity index (χ0) is 11.6. The van der Waals surface area contributed by atoms with E-state index in [1.165, 1.54) is 7.11 Å². The second-order valence-corrected chi connectivity index (χ2v) is 6.14. The molecule has 0 aliphatic rings. The summed E-state index contributed by atoms with van der Waals surface area (Å²) in [6, 6.07) is 0. The molecule has 0 saturated carbocycles. The maximum absolute atomic E-state index is 11.1. The van der Waals surface area contributed by atoms with Gasteiger partial charge in [-0.15, -0.1) is 0 Å². The molecule has 0 atom stereocenters. The summed E-state index contributed by atoms with van der Waals surface area (Å²) in [5.41, 5.74) is 5.47. The average Bonchev–Trinajstić information content (AvgIpc) is 2.42. The third-order valence-electron chi connectivity index (χ3n) is 1.46. The van der Waals surface area contributed by atoms with Gasteiger partial charge in [-0.1, -0.05) is 11.3 Å². The fraction of sp³-hybridized carbons (Fsp3) is 0.429. The summed E-state index contributed by atoms with van der Waals surface area (Å²) in [7, 11) is -1.97. The summed E-state index contributed by atoms with van der Waals surface area (Å²) in [6.45, 7) is 0. The number of aromatic nitrogens is 1. The van der Waals surface area contributed by atoms with Crippen LogP contribution in [0, 0.1) is 0 Å². The van der Waals surface area contributed by atoms with Gasteiger partial charge in [-0.2, -0.15) is 0 Å². The van der Waals surface area contributed by atoms with E-state index >= 15 is 0 Å². The van der Waals surface area contributed by atoms with Crippen LogP contribution in [0.5, 0.6) is 0 Å². The molecule has 0 unspecified atom stereocenters. The van der Waals surface area contributed by atoms with Gasteiger partial charge in [0.25, 0.3) is 0 Å². The molecule has 15 heavy (non-hydrogen) atoms. The lowest BCUT2D eigenvalue weighted by atomic mass is 10.5. The lowest BCUT2D eigenvalue weighted by molar-refractivity contribution is 0.0596. The van der Waals surface area contributed by atoms with Crippen molar-refractivity contribution in [2.45, 2.75) is 5.75 Å². The minimum atomic E-state index is -3.17. The Hall–Kier alpha value is -1.15. The van der Waals surface area contributed by atoms with Gasteiger partial charge in [0.2, 0.25) is 0 Å². The van der Waals surface area contributed by atoms with Crippen molar-refractivity contribution in [2.24, 2.45) is 0 Å². The van der Waals surface area contributed by atoms with Gasteiger partial charge in [-0.25, -0.2) is 18.2 Å². The monoisotopic (exact) mass is 250 g/mol. The molecule has 0 radical (unpaired) electrons. The summed E-state index contributed by atoms with van der Waals surface area (Å²) in [4.78, 5) is 14.9. The molecule has 8 heteroatoms. The molecule has 0 bridgehead atoms. The van der Waals surface area contributed by atoms with Crippen LogP contribution in [0.4, 0.5) is 5.00 Å². The van der Waals surface area contributed by atoms with E-state index in [1.54, 1.807) is 0 Å². The molecule has 0 aliphatic heterocycles. The Bertz CT molecular complexity index is 477. The minimum Gasteiger partial charge on any atom is -0.464 e. The van der Waals surface area contributed by atoms with E-state index < -0.39 is 15.8 Å². The van der Waals surface area contributed by atoms with Crippen molar-refractivity contribution in [3.8, 4) is 0 Å². The number of nitrogens with zero attached hydrogens (tertiary/aromatic N) is 1. The Morgan fingerprint density at radius 2 is 2.20 bits per heavy atom. The highest BCUT2D eigenvalue weighted by atomic mass is 32.2. The first-order valence-electron chi connectivity index (χ1n) is 3.84. The fourth-order valence-electron chi connectivity index (χ4n) is 0.907. The van der Waals surface area contributed by atoms with Crippen LogP contribution < -0.4 is 5.73 Å². The molecule has 84 valence electrons. The number of nitrogen functional groups attached to an aromatic ring is 1. The first kappa shape index (κ1) is 11.9. The summed E-state index contributed by atoms with van der Waals surface area (Å²) in [5, 5.41) is 0.455. The van der Waals surface area contributed by atoms with E-state index in [1.807, 2.05) is 0 Å². The number of thiazole rings is 1. The lowest BCUT2D eigenvalue weighted by Crippen LogP contribution is -2.05. The van der Waals surface area contributed by atoms with Crippen molar-refractivity contribution in [2.75, 3.05) is 19.1 Å². The third kappa shape index (κ3) is 3.17. The lowest BCUT2D eigenvalue weighted by Gasteiger charge is -1.93. The molecule has 6 nitrogen and oxygen atoms in total. The van der Waals surface area contributed by atoms with E-state index in [0.717, 1.165) is 17.6 Å². The van der Waals surface area contributed by atoms with E-state index in [2.05, 4.69) is 9.72 Å². The fourth-order valence-corrected chi connectivity index (χ4v) is 2.91. The average molecular weight is 250 g/mol. The van der Waals surface area contributed by atoms with Crippen LogP contribution in [-0.4, -0.2) is 32.7 Å². The maximum atomic E-state index is 11.1. The molecule has 2 N–H and O–H groups in total. The van der Waals surface area contributed by atoms with Crippen molar-refractivity contribution < 1.29 is 17.9 Å². The Balaban J connectivity index is 3.01. The molecule has 0 fully saturated rings. The number of nitrogens with two attached hydrogens (primary N) is 1. The SMILES string of the molecule is COC(=O)c1nc(CS(C)(=O)=O)sc1N. The number of hydrogen-bond donors (Lipinski definition) is 1. The number of rotatable bonds is 3. The van der Waals surface area contributed by atoms with Gasteiger partial charge in [0.1, 0.15) is 15.8 Å². The van der Waals surface area contributed by atoms with Crippen LogP contribution in [0.15, 0.2) is 0 Å². The van der Waals surface area contributed by atoms with Crippen LogP contribution in [-0.2, 0) is 20.3 Å². The molecule has 1 rings (SSSR count). The summed E-state index contributed by atoms with van der Waals surface area (Å²) in [5.74, 6) is -0.887. The first-order valence-corrected chi connectivity index (χ1v) is 6.72. The predicted molar refractivity (Wildman–Crippen MR) is 56.4 cm³/mol. The van der Waals surface area contributed by atoms with Crippen molar-refractivity contribution >= 4 is 32.1 Å². The number of ether oxygens (including phenoxy) is 1. The van der Waals surface area contributed by atoms with E-state index in [0.29, 0.717) is 0 Å². The van der Waals surface area contributed by atoms with Crippen LogP contribution in [0.1, 0.15) is 15.5 Å². The molecule has 0 aromatic carbocycles. The van der Waals surface area contributed by atoms with Crippen LogP contribution in [0.3, 0.4) is 0 Å². The Kier molecular flexibility index (Phi) is 3.30. The predicted octanol–water partition coefficient (Wildman–Crippen LogP) is 0.0565. The maximum Gasteiger partial charge on any atom is 0.359 e. The first-order chi connectivity index (χ1) is 6.83. The van der Waals surface area contributed by atoms with Crippen molar-refractivity contribution in [1.82, 2.24) is 4.98 Å². The zero-order valence-electron chi connectivity index (χ0n) is 8.18. The van der Waals surface area contributed by atoms with Gasteiger partial charge in [-0.05, 0) is 0 Å². The second-order valence-electron chi connectivity index (χ2n) is 2.88. The largest absolute Gasteiger partial charge is 0.464 e. The minimum absolute atomic E-state index is 0.0267. The Morgan fingerprint density at radius 3 is 2.67 bits per heavy atom. The summed E-state index contributed by atoms with van der Waals surface area (Å²) >= 11 is 0.972. The van der Waals surface area contributed by atoms with Gasteiger partial charge >= 0.3 is 5.97 Å². The highest BCUT2D eigenvalue weighted by Gasteiger charge is 2.18. The number of methoxy groups -OCH3 is 1. The molecule has 0 amide bonds. The number of esters is 1. The van der Waals surface area contributed by atoms with E-state index in [-0.39, 0.29) is 21.5 Å². The second kappa shape index (κ2) is 4.15. The number of hydrogen-bond acceptors (Lipinski definition) is 7. The topological polar surface area (TPSA) is 99.3 Å². The highest BCUT2D eigenvalue weighted by molar-refractivity contribution is 7.90. The van der Waals surface area contributed by atoms with Gasteiger partial charge < -0.3 is 10.5 Å². The zero-order valence-corrected chi connectivity index (χ0v) is 9.81. The van der Waals surface area contributed by atoms with Crippen LogP contribution in [0.25, 0.3) is 0 Å². The van der Waals surface area contributed by atoms with Crippen molar-refractivity contribution in [3.63, 3.8) is 0 Å². The molecule has 1 aromatic heterocycles. The molecule has 0 spiro atoms. The Labute approximate surface area is 91.0 Å². The number of carbonyl (C=O) groups excluding carboxylic acids is 1. The molecular formula is C7H10N2O4S2. The summed E-state index contributed by atoms with van der Waals surface area (Å²) < 4.78 is 26.4. The van der Waals surface area contributed by atoms with Crippen molar-refractivity contribution in [1.29, 1.82) is 0 Å². The summed E-state index contributed by atoms with van der Waals surface area (Å²) in [6.07, 6.45) is 1.09. The third-order valence-corrected chi connectivity index (χ3v) is 3.33. The van der Waals surface area contributed by atoms with E-state index in [9.17, 15) is 13.2 Å². The molecule has 1 aromatic rings. The van der Waals surface area contributed by atoms with E-state index in [4.69, 9.17) is 5.73 Å². The smallest absolute Gasteiger partial charge is 0.359 e. The molecule has 0 aliphatic carbocycles. The van der Waals surface area contributed by atoms with Gasteiger partial charge in [0.15, 0.2) is 15.5 Å². The quantitative estimate of drug-likeness (QED) is 0.761. The van der Waals surface area contributed by atoms with Crippen LogP contribution >= 0.6 is 11.3 Å². The van der Waals surface area contributed by atoms with Crippen LogP contribution in [0.2, 0.25) is 0 Å². The van der Waals surface area contributed by atoms with Crippen molar-refractivity contribution in [3.05, 3.63) is 10.7 Å². The number of sulfone groups is 1. The number of carbonyl (C=O) groups is 1. The molecular weight excluding hydrogens is 240 g/mol. The molecule has 1 heterocycles.